The number of carbonyl (C=O) groups is 1. The van der Waals surface area contributed by atoms with E-state index >= 15 is 0 Å². The molecule has 3 aromatic rings. The zero-order valence-corrected chi connectivity index (χ0v) is 11.4. The van der Waals surface area contributed by atoms with Crippen molar-refractivity contribution in [3.05, 3.63) is 71.2 Å². The second-order valence-electron chi connectivity index (χ2n) is 4.93. The lowest BCUT2D eigenvalue weighted by Gasteiger charge is -2.05. The Morgan fingerprint density at radius 1 is 1.05 bits per heavy atom. The Balaban J connectivity index is 2.04. The SMILES string of the molecule is Cc1ccc2cc(C(=O)c3ccc(N)c(F)c3)ccc2n1. The summed E-state index contributed by atoms with van der Waals surface area (Å²) in [5.74, 6) is -0.824. The Morgan fingerprint density at radius 2 is 1.76 bits per heavy atom. The van der Waals surface area contributed by atoms with Crippen molar-refractivity contribution >= 4 is 22.4 Å². The smallest absolute Gasteiger partial charge is 0.193 e. The molecular weight excluding hydrogens is 267 g/mol. The van der Waals surface area contributed by atoms with Gasteiger partial charge in [0.05, 0.1) is 11.2 Å². The van der Waals surface area contributed by atoms with Crippen LogP contribution < -0.4 is 5.73 Å². The van der Waals surface area contributed by atoms with E-state index in [-0.39, 0.29) is 17.0 Å². The van der Waals surface area contributed by atoms with Crippen molar-refractivity contribution in [1.29, 1.82) is 0 Å². The lowest BCUT2D eigenvalue weighted by molar-refractivity contribution is 0.103. The topological polar surface area (TPSA) is 56.0 Å². The first kappa shape index (κ1) is 13.2. The van der Waals surface area contributed by atoms with Crippen molar-refractivity contribution in [2.24, 2.45) is 0 Å². The van der Waals surface area contributed by atoms with Crippen LogP contribution in [0.3, 0.4) is 0 Å². The van der Waals surface area contributed by atoms with E-state index in [4.69, 9.17) is 5.73 Å². The van der Waals surface area contributed by atoms with Gasteiger partial charge in [0.15, 0.2) is 5.78 Å². The van der Waals surface area contributed by atoms with E-state index in [1.165, 1.54) is 12.1 Å². The highest BCUT2D eigenvalue weighted by atomic mass is 19.1. The van der Waals surface area contributed by atoms with Gasteiger partial charge in [0.1, 0.15) is 5.82 Å². The van der Waals surface area contributed by atoms with Gasteiger partial charge < -0.3 is 5.73 Å². The van der Waals surface area contributed by atoms with Crippen LogP contribution in [0.15, 0.2) is 48.5 Å². The van der Waals surface area contributed by atoms with Crippen molar-refractivity contribution in [3.63, 3.8) is 0 Å². The maximum Gasteiger partial charge on any atom is 0.193 e. The number of benzene rings is 2. The van der Waals surface area contributed by atoms with Gasteiger partial charge in [0.25, 0.3) is 0 Å². The molecule has 0 atom stereocenters. The summed E-state index contributed by atoms with van der Waals surface area (Å²) in [6.07, 6.45) is 0. The van der Waals surface area contributed by atoms with E-state index in [0.29, 0.717) is 5.56 Å². The fourth-order valence-electron chi connectivity index (χ4n) is 2.20. The Kier molecular flexibility index (Phi) is 3.14. The Morgan fingerprint density at radius 3 is 2.52 bits per heavy atom. The number of halogens is 1. The average molecular weight is 280 g/mol. The number of carbonyl (C=O) groups excluding carboxylic acids is 1. The summed E-state index contributed by atoms with van der Waals surface area (Å²) in [5.41, 5.74) is 7.98. The monoisotopic (exact) mass is 280 g/mol. The van der Waals surface area contributed by atoms with Crippen LogP contribution in [0.2, 0.25) is 0 Å². The van der Waals surface area contributed by atoms with Gasteiger partial charge in [0, 0.05) is 22.2 Å². The zero-order chi connectivity index (χ0) is 15.0. The lowest BCUT2D eigenvalue weighted by Crippen LogP contribution is -2.03. The van der Waals surface area contributed by atoms with Gasteiger partial charge in [-0.15, -0.1) is 0 Å². The fourth-order valence-corrected chi connectivity index (χ4v) is 2.20. The molecule has 1 heterocycles. The number of rotatable bonds is 2. The molecule has 0 saturated carbocycles. The predicted octanol–water partition coefficient (Wildman–Crippen LogP) is 3.50. The Hall–Kier alpha value is -2.75. The number of hydrogen-bond donors (Lipinski definition) is 1. The quantitative estimate of drug-likeness (QED) is 0.577. The van der Waals surface area contributed by atoms with Crippen LogP contribution in [-0.2, 0) is 0 Å². The number of nitrogens with two attached hydrogens (primary N) is 1. The van der Waals surface area contributed by atoms with Crippen LogP contribution in [0, 0.1) is 12.7 Å². The van der Waals surface area contributed by atoms with Gasteiger partial charge in [-0.1, -0.05) is 6.07 Å². The molecule has 0 aliphatic rings. The first-order valence-corrected chi connectivity index (χ1v) is 6.52. The molecule has 0 aliphatic carbocycles. The van der Waals surface area contributed by atoms with E-state index in [2.05, 4.69) is 4.98 Å². The summed E-state index contributed by atoms with van der Waals surface area (Å²) in [7, 11) is 0. The molecule has 3 rings (SSSR count). The van der Waals surface area contributed by atoms with E-state index in [1.807, 2.05) is 19.1 Å². The molecule has 0 bridgehead atoms. The van der Waals surface area contributed by atoms with E-state index in [0.717, 1.165) is 22.7 Å². The molecule has 0 aliphatic heterocycles. The van der Waals surface area contributed by atoms with Crippen molar-refractivity contribution in [2.45, 2.75) is 6.92 Å². The molecule has 2 N–H and O–H groups in total. The molecule has 0 saturated heterocycles. The largest absolute Gasteiger partial charge is 0.396 e. The fraction of sp³-hybridized carbons (Fsp3) is 0.0588. The molecule has 2 aromatic carbocycles. The number of nitrogens with zero attached hydrogens (tertiary/aromatic N) is 1. The van der Waals surface area contributed by atoms with Gasteiger partial charge in [-0.25, -0.2) is 4.39 Å². The number of pyridine rings is 1. The Labute approximate surface area is 121 Å². The van der Waals surface area contributed by atoms with E-state index < -0.39 is 5.82 Å². The highest BCUT2D eigenvalue weighted by molar-refractivity contribution is 6.10. The summed E-state index contributed by atoms with van der Waals surface area (Å²) >= 11 is 0. The molecule has 0 unspecified atom stereocenters. The molecule has 104 valence electrons. The summed E-state index contributed by atoms with van der Waals surface area (Å²) in [5, 5.41) is 0.877. The summed E-state index contributed by atoms with van der Waals surface area (Å²) < 4.78 is 13.5. The van der Waals surface area contributed by atoms with Crippen LogP contribution >= 0.6 is 0 Å². The minimum absolute atomic E-state index is 0.0322. The summed E-state index contributed by atoms with van der Waals surface area (Å²) in [6, 6.07) is 13.1. The summed E-state index contributed by atoms with van der Waals surface area (Å²) in [4.78, 5) is 16.8. The van der Waals surface area contributed by atoms with Crippen molar-refractivity contribution in [1.82, 2.24) is 4.98 Å². The molecule has 4 heteroatoms. The molecule has 3 nitrogen and oxygen atoms in total. The van der Waals surface area contributed by atoms with Gasteiger partial charge in [-0.2, -0.15) is 0 Å². The summed E-state index contributed by atoms with van der Waals surface area (Å²) in [6.45, 7) is 1.91. The average Bonchev–Trinajstić information content (AvgIpc) is 2.49. The normalized spacial score (nSPS) is 10.8. The van der Waals surface area contributed by atoms with Crippen LogP contribution in [0.4, 0.5) is 10.1 Å². The van der Waals surface area contributed by atoms with Gasteiger partial charge in [-0.3, -0.25) is 9.78 Å². The Bertz CT molecular complexity index is 859. The maximum atomic E-state index is 13.5. The van der Waals surface area contributed by atoms with Gasteiger partial charge in [0.2, 0.25) is 0 Å². The minimum atomic E-state index is -0.584. The molecule has 21 heavy (non-hydrogen) atoms. The second-order valence-corrected chi connectivity index (χ2v) is 4.93. The molecule has 0 spiro atoms. The molecular formula is C17H13FN2O. The standard InChI is InChI=1S/C17H13FN2O/c1-10-2-3-11-8-12(5-7-16(11)20-10)17(21)13-4-6-15(19)14(18)9-13/h2-9H,19H2,1H3. The van der Waals surface area contributed by atoms with Crippen molar-refractivity contribution in [3.8, 4) is 0 Å². The third-order valence-electron chi connectivity index (χ3n) is 3.35. The number of hydrogen-bond acceptors (Lipinski definition) is 3. The second kappa shape index (κ2) is 4.98. The number of aryl methyl sites for hydroxylation is 1. The minimum Gasteiger partial charge on any atom is -0.396 e. The third-order valence-corrected chi connectivity index (χ3v) is 3.35. The van der Waals surface area contributed by atoms with Crippen LogP contribution in [0.25, 0.3) is 10.9 Å². The highest BCUT2D eigenvalue weighted by Crippen LogP contribution is 2.19. The third kappa shape index (κ3) is 2.48. The number of aromatic nitrogens is 1. The predicted molar refractivity (Wildman–Crippen MR) is 80.7 cm³/mol. The molecule has 0 fully saturated rings. The van der Waals surface area contributed by atoms with Gasteiger partial charge in [-0.05, 0) is 49.4 Å². The number of fused-ring (bicyclic) bond motifs is 1. The highest BCUT2D eigenvalue weighted by Gasteiger charge is 2.12. The van der Waals surface area contributed by atoms with Crippen molar-refractivity contribution < 1.29 is 9.18 Å². The van der Waals surface area contributed by atoms with Crippen LogP contribution in [0.5, 0.6) is 0 Å². The first-order chi connectivity index (χ1) is 10.0. The molecule has 0 amide bonds. The van der Waals surface area contributed by atoms with Crippen LogP contribution in [0.1, 0.15) is 21.6 Å². The lowest BCUT2D eigenvalue weighted by atomic mass is 10.0. The van der Waals surface area contributed by atoms with E-state index in [9.17, 15) is 9.18 Å². The maximum absolute atomic E-state index is 13.5. The number of ketones is 1. The molecule has 1 aromatic heterocycles. The van der Waals surface area contributed by atoms with Crippen LogP contribution in [-0.4, -0.2) is 10.8 Å². The van der Waals surface area contributed by atoms with Crippen molar-refractivity contribution in [2.75, 3.05) is 5.73 Å². The van der Waals surface area contributed by atoms with Gasteiger partial charge >= 0.3 is 0 Å². The zero-order valence-electron chi connectivity index (χ0n) is 11.4. The number of anilines is 1. The number of nitrogen functional groups attached to an aromatic ring is 1. The molecule has 0 radical (unpaired) electrons. The van der Waals surface area contributed by atoms with E-state index in [1.54, 1.807) is 18.2 Å². The first-order valence-electron chi connectivity index (χ1n) is 6.52.